The molecule has 2 amide bonds. The van der Waals surface area contributed by atoms with Gasteiger partial charge in [0.15, 0.2) is 0 Å². The van der Waals surface area contributed by atoms with Crippen molar-refractivity contribution in [3.05, 3.63) is 95.8 Å². The maximum absolute atomic E-state index is 13.4. The molecule has 0 aliphatic rings. The summed E-state index contributed by atoms with van der Waals surface area (Å²) in [4.78, 5) is 27.2. The third kappa shape index (κ3) is 5.75. The molecule has 0 aromatic heterocycles. The summed E-state index contributed by atoms with van der Waals surface area (Å²) >= 11 is 0. The second-order valence-corrected chi connectivity index (χ2v) is 7.14. The van der Waals surface area contributed by atoms with Crippen molar-refractivity contribution >= 4 is 23.2 Å². The molecule has 3 rings (SSSR count). The summed E-state index contributed by atoms with van der Waals surface area (Å²) in [5.41, 5.74) is 2.92. The highest BCUT2D eigenvalue weighted by Gasteiger charge is 2.26. The Morgan fingerprint density at radius 3 is 2.27 bits per heavy atom. The van der Waals surface area contributed by atoms with E-state index >= 15 is 0 Å². The average molecular weight is 405 g/mol. The number of likely N-dealkylation sites (N-methyl/N-ethyl adjacent to an activating group) is 1. The summed E-state index contributed by atoms with van der Waals surface area (Å²) in [7, 11) is 1.71. The maximum atomic E-state index is 13.4. The minimum Gasteiger partial charge on any atom is -0.325 e. The normalized spacial score (nSPS) is 11.7. The van der Waals surface area contributed by atoms with Crippen molar-refractivity contribution in [3.8, 4) is 0 Å². The van der Waals surface area contributed by atoms with Crippen LogP contribution >= 0.6 is 0 Å². The lowest BCUT2D eigenvalue weighted by molar-refractivity contribution is -0.123. The Labute approximate surface area is 175 Å². The van der Waals surface area contributed by atoms with Crippen LogP contribution in [-0.4, -0.2) is 30.3 Å². The van der Waals surface area contributed by atoms with Gasteiger partial charge in [0.1, 0.15) is 11.9 Å². The molecule has 3 aromatic rings. The zero-order valence-electron chi connectivity index (χ0n) is 16.9. The number of amides is 2. The van der Waals surface area contributed by atoms with Crippen LogP contribution in [0.3, 0.4) is 0 Å². The van der Waals surface area contributed by atoms with Crippen molar-refractivity contribution in [2.75, 3.05) is 24.2 Å². The molecule has 5 nitrogen and oxygen atoms in total. The molecule has 0 aliphatic carbocycles. The van der Waals surface area contributed by atoms with Crippen LogP contribution in [-0.2, 0) is 9.59 Å². The van der Waals surface area contributed by atoms with Crippen molar-refractivity contribution in [2.45, 2.75) is 13.0 Å². The molecule has 0 bridgehead atoms. The van der Waals surface area contributed by atoms with Crippen LogP contribution in [0.25, 0.3) is 0 Å². The van der Waals surface area contributed by atoms with E-state index < -0.39 is 11.9 Å². The first-order chi connectivity index (χ1) is 14.4. The highest BCUT2D eigenvalue weighted by molar-refractivity contribution is 5.97. The van der Waals surface area contributed by atoms with Gasteiger partial charge in [0.05, 0.1) is 6.54 Å². The van der Waals surface area contributed by atoms with Gasteiger partial charge in [-0.25, -0.2) is 4.39 Å². The molecule has 1 atom stereocenters. The monoisotopic (exact) mass is 405 g/mol. The molecule has 6 heteroatoms. The largest absolute Gasteiger partial charge is 0.325 e. The van der Waals surface area contributed by atoms with Gasteiger partial charge in [-0.2, -0.15) is 0 Å². The first kappa shape index (κ1) is 21.2. The quantitative estimate of drug-likeness (QED) is 0.613. The Morgan fingerprint density at radius 1 is 0.900 bits per heavy atom. The van der Waals surface area contributed by atoms with E-state index in [1.165, 1.54) is 18.2 Å². The van der Waals surface area contributed by atoms with Crippen LogP contribution < -0.4 is 10.6 Å². The molecule has 30 heavy (non-hydrogen) atoms. The summed E-state index contributed by atoms with van der Waals surface area (Å²) in [5.74, 6) is -1.01. The van der Waals surface area contributed by atoms with Gasteiger partial charge in [-0.3, -0.25) is 14.5 Å². The van der Waals surface area contributed by atoms with Gasteiger partial charge in [-0.1, -0.05) is 54.1 Å². The van der Waals surface area contributed by atoms with Crippen LogP contribution in [0.4, 0.5) is 15.8 Å². The molecule has 3 aromatic carbocycles. The first-order valence-corrected chi connectivity index (χ1v) is 9.60. The van der Waals surface area contributed by atoms with Crippen molar-refractivity contribution in [2.24, 2.45) is 0 Å². The minimum atomic E-state index is -0.675. The molecule has 0 fully saturated rings. The van der Waals surface area contributed by atoms with E-state index in [9.17, 15) is 14.0 Å². The summed E-state index contributed by atoms with van der Waals surface area (Å²) in [6, 6.07) is 21.8. The Kier molecular flexibility index (Phi) is 6.93. The van der Waals surface area contributed by atoms with Crippen molar-refractivity contribution in [3.63, 3.8) is 0 Å². The van der Waals surface area contributed by atoms with Crippen molar-refractivity contribution in [1.29, 1.82) is 0 Å². The first-order valence-electron chi connectivity index (χ1n) is 9.60. The van der Waals surface area contributed by atoms with E-state index in [4.69, 9.17) is 0 Å². The van der Waals surface area contributed by atoms with Crippen LogP contribution in [0.2, 0.25) is 0 Å². The predicted octanol–water partition coefficient (Wildman–Crippen LogP) is 4.38. The number of carbonyl (C=O) groups is 2. The number of halogens is 1. The number of hydrogen-bond donors (Lipinski definition) is 2. The molecular formula is C24H24FN3O2. The van der Waals surface area contributed by atoms with Gasteiger partial charge in [-0.05, 0) is 49.9 Å². The molecule has 0 radical (unpaired) electrons. The number of hydrogen-bond acceptors (Lipinski definition) is 3. The Morgan fingerprint density at radius 2 is 1.60 bits per heavy atom. The fraction of sp³-hybridized carbons (Fsp3) is 0.167. The number of nitrogens with one attached hydrogen (secondary N) is 2. The molecular weight excluding hydrogens is 381 g/mol. The van der Waals surface area contributed by atoms with Crippen molar-refractivity contribution in [1.82, 2.24) is 4.90 Å². The summed E-state index contributed by atoms with van der Waals surface area (Å²) < 4.78 is 13.4. The Bertz CT molecular complexity index is 1010. The average Bonchev–Trinajstić information content (AvgIpc) is 2.70. The van der Waals surface area contributed by atoms with Gasteiger partial charge in [0.2, 0.25) is 11.8 Å². The zero-order chi connectivity index (χ0) is 21.5. The Balaban J connectivity index is 1.75. The number of rotatable bonds is 7. The fourth-order valence-corrected chi connectivity index (χ4v) is 3.17. The number of nitrogens with zero attached hydrogens (tertiary/aromatic N) is 1. The van der Waals surface area contributed by atoms with E-state index in [0.29, 0.717) is 11.4 Å². The lowest BCUT2D eigenvalue weighted by Gasteiger charge is -2.27. The van der Waals surface area contributed by atoms with Gasteiger partial charge in [0.25, 0.3) is 0 Å². The van der Waals surface area contributed by atoms with E-state index in [-0.39, 0.29) is 18.4 Å². The summed E-state index contributed by atoms with van der Waals surface area (Å²) in [6.07, 6.45) is 0. The molecule has 0 unspecified atom stereocenters. The van der Waals surface area contributed by atoms with Gasteiger partial charge >= 0.3 is 0 Å². The van der Waals surface area contributed by atoms with E-state index in [1.807, 2.05) is 61.5 Å². The van der Waals surface area contributed by atoms with E-state index in [2.05, 4.69) is 10.6 Å². The van der Waals surface area contributed by atoms with Crippen LogP contribution in [0.5, 0.6) is 0 Å². The van der Waals surface area contributed by atoms with Crippen LogP contribution in [0.1, 0.15) is 17.2 Å². The number of aryl methyl sites for hydroxylation is 1. The third-order valence-corrected chi connectivity index (χ3v) is 4.62. The molecule has 2 N–H and O–H groups in total. The highest BCUT2D eigenvalue weighted by atomic mass is 19.1. The zero-order valence-corrected chi connectivity index (χ0v) is 16.9. The van der Waals surface area contributed by atoms with Crippen molar-refractivity contribution < 1.29 is 14.0 Å². The topological polar surface area (TPSA) is 61.4 Å². The lowest BCUT2D eigenvalue weighted by Crippen LogP contribution is -2.39. The molecule has 0 saturated carbocycles. The highest BCUT2D eigenvalue weighted by Crippen LogP contribution is 2.22. The number of anilines is 2. The van der Waals surface area contributed by atoms with Gasteiger partial charge in [0, 0.05) is 11.4 Å². The Hall–Kier alpha value is -3.51. The van der Waals surface area contributed by atoms with Crippen LogP contribution in [0, 0.1) is 12.7 Å². The second kappa shape index (κ2) is 9.80. The minimum absolute atomic E-state index is 0.0443. The predicted molar refractivity (Wildman–Crippen MR) is 117 cm³/mol. The molecule has 0 spiro atoms. The molecule has 154 valence electrons. The van der Waals surface area contributed by atoms with Gasteiger partial charge in [-0.15, -0.1) is 0 Å². The van der Waals surface area contributed by atoms with E-state index in [1.54, 1.807) is 18.0 Å². The standard InChI is InChI=1S/C24H24FN3O2/c1-17-11-13-20(14-12-17)27-24(30)23(18-7-4-3-5-8-18)28(2)16-22(29)26-21-10-6-9-19(25)15-21/h3-15,23H,16H2,1-2H3,(H,26,29)(H,27,30)/t23-/m1/s1. The second-order valence-electron chi connectivity index (χ2n) is 7.14. The fourth-order valence-electron chi connectivity index (χ4n) is 3.17. The number of carbonyl (C=O) groups excluding carboxylic acids is 2. The maximum Gasteiger partial charge on any atom is 0.246 e. The molecule has 0 saturated heterocycles. The van der Waals surface area contributed by atoms with Crippen LogP contribution in [0.15, 0.2) is 78.9 Å². The molecule has 0 heterocycles. The smallest absolute Gasteiger partial charge is 0.246 e. The summed E-state index contributed by atoms with van der Waals surface area (Å²) in [5, 5.41) is 5.58. The number of benzene rings is 3. The molecule has 0 aliphatic heterocycles. The van der Waals surface area contributed by atoms with E-state index in [0.717, 1.165) is 11.1 Å². The SMILES string of the molecule is Cc1ccc(NC(=O)[C@@H](c2ccccc2)N(C)CC(=O)Nc2cccc(F)c2)cc1. The lowest BCUT2D eigenvalue weighted by atomic mass is 10.0. The third-order valence-electron chi connectivity index (χ3n) is 4.62. The summed E-state index contributed by atoms with van der Waals surface area (Å²) in [6.45, 7) is 1.93. The van der Waals surface area contributed by atoms with Gasteiger partial charge < -0.3 is 10.6 Å².